The van der Waals surface area contributed by atoms with Gasteiger partial charge in [0.1, 0.15) is 19.0 Å². The van der Waals surface area contributed by atoms with Crippen molar-refractivity contribution in [2.24, 2.45) is 5.92 Å². The molecule has 23 heavy (non-hydrogen) atoms. The third-order valence-corrected chi connectivity index (χ3v) is 5.66. The van der Waals surface area contributed by atoms with Crippen LogP contribution in [0.3, 0.4) is 0 Å². The molecule has 1 atom stereocenters. The van der Waals surface area contributed by atoms with Crippen molar-refractivity contribution in [3.63, 3.8) is 0 Å². The van der Waals surface area contributed by atoms with Crippen molar-refractivity contribution >= 4 is 19.7 Å². The Kier molecular flexibility index (Phi) is 6.23. The standard InChI is InChI=1S/C16H29N3O3Si/c1-5-6-7-13-11-22-16-14(18-15(13)20)10-17-19(16)12-21-8-9-23(2,3)4/h10,13H,5-9,11-12H2,1-4H3,(H,18,20)/t13-/m0/s1. The van der Waals surface area contributed by atoms with Gasteiger partial charge in [0.2, 0.25) is 11.8 Å². The van der Waals surface area contributed by atoms with Crippen LogP contribution in [0.1, 0.15) is 26.2 Å². The molecular formula is C16H29N3O3Si. The van der Waals surface area contributed by atoms with Crippen LogP contribution in [0.4, 0.5) is 5.69 Å². The second-order valence-corrected chi connectivity index (χ2v) is 13.0. The number of aromatic nitrogens is 2. The predicted molar refractivity (Wildman–Crippen MR) is 93.5 cm³/mol. The Morgan fingerprint density at radius 3 is 2.96 bits per heavy atom. The van der Waals surface area contributed by atoms with Gasteiger partial charge in [0.15, 0.2) is 0 Å². The van der Waals surface area contributed by atoms with Gasteiger partial charge in [-0.05, 0) is 12.5 Å². The van der Waals surface area contributed by atoms with E-state index in [-0.39, 0.29) is 11.8 Å². The van der Waals surface area contributed by atoms with E-state index in [2.05, 4.69) is 37.0 Å². The number of hydrogen-bond acceptors (Lipinski definition) is 4. The van der Waals surface area contributed by atoms with Crippen LogP contribution in [0, 0.1) is 5.92 Å². The van der Waals surface area contributed by atoms with Crippen LogP contribution in [-0.2, 0) is 16.3 Å². The highest BCUT2D eigenvalue weighted by atomic mass is 28.3. The summed E-state index contributed by atoms with van der Waals surface area (Å²) >= 11 is 0. The molecule has 6 nitrogen and oxygen atoms in total. The smallest absolute Gasteiger partial charge is 0.238 e. The fraction of sp³-hybridized carbons (Fsp3) is 0.750. The number of nitrogens with zero attached hydrogens (tertiary/aromatic N) is 2. The molecule has 1 aliphatic heterocycles. The number of rotatable bonds is 8. The molecule has 0 radical (unpaired) electrons. The number of anilines is 1. The summed E-state index contributed by atoms with van der Waals surface area (Å²) in [6.45, 7) is 10.6. The summed E-state index contributed by atoms with van der Waals surface area (Å²) in [6.07, 6.45) is 4.60. The molecule has 2 heterocycles. The number of nitrogens with one attached hydrogen (secondary N) is 1. The van der Waals surface area contributed by atoms with Crippen LogP contribution in [0.15, 0.2) is 6.20 Å². The van der Waals surface area contributed by atoms with Crippen molar-refractivity contribution < 1.29 is 14.3 Å². The lowest BCUT2D eigenvalue weighted by Gasteiger charge is -2.16. The van der Waals surface area contributed by atoms with Gasteiger partial charge in [-0.3, -0.25) is 4.79 Å². The highest BCUT2D eigenvalue weighted by molar-refractivity contribution is 6.76. The lowest BCUT2D eigenvalue weighted by atomic mass is 10.0. The number of hydrogen-bond donors (Lipinski definition) is 1. The van der Waals surface area contributed by atoms with E-state index in [0.717, 1.165) is 31.9 Å². The Labute approximate surface area is 139 Å². The maximum absolute atomic E-state index is 12.2. The summed E-state index contributed by atoms with van der Waals surface area (Å²) in [6, 6.07) is 1.12. The largest absolute Gasteiger partial charge is 0.475 e. The molecule has 1 aliphatic rings. The monoisotopic (exact) mass is 339 g/mol. The highest BCUT2D eigenvalue weighted by Crippen LogP contribution is 2.29. The van der Waals surface area contributed by atoms with Crippen molar-refractivity contribution in [2.75, 3.05) is 18.5 Å². The third kappa shape index (κ3) is 5.35. The van der Waals surface area contributed by atoms with E-state index in [1.165, 1.54) is 0 Å². The van der Waals surface area contributed by atoms with Crippen molar-refractivity contribution in [3.8, 4) is 5.88 Å². The van der Waals surface area contributed by atoms with Gasteiger partial charge in [-0.2, -0.15) is 5.10 Å². The molecule has 2 rings (SSSR count). The van der Waals surface area contributed by atoms with Crippen LogP contribution in [-0.4, -0.2) is 37.0 Å². The molecule has 0 fully saturated rings. The van der Waals surface area contributed by atoms with E-state index in [1.807, 2.05) is 0 Å². The summed E-state index contributed by atoms with van der Waals surface area (Å²) in [5.41, 5.74) is 0.641. The van der Waals surface area contributed by atoms with E-state index in [0.29, 0.717) is 24.9 Å². The normalized spacial score (nSPS) is 18.1. The number of fused-ring (bicyclic) bond motifs is 1. The summed E-state index contributed by atoms with van der Waals surface area (Å²) in [5, 5.41) is 7.18. The number of unbranched alkanes of at least 4 members (excludes halogenated alkanes) is 1. The zero-order valence-electron chi connectivity index (χ0n) is 14.7. The lowest BCUT2D eigenvalue weighted by molar-refractivity contribution is -0.120. The summed E-state index contributed by atoms with van der Waals surface area (Å²) in [4.78, 5) is 12.2. The average molecular weight is 340 g/mol. The molecule has 0 unspecified atom stereocenters. The van der Waals surface area contributed by atoms with Gasteiger partial charge in [-0.1, -0.05) is 39.4 Å². The fourth-order valence-electron chi connectivity index (χ4n) is 2.39. The van der Waals surface area contributed by atoms with E-state index in [9.17, 15) is 4.79 Å². The molecule has 0 bridgehead atoms. The molecule has 130 valence electrons. The Balaban J connectivity index is 1.91. The van der Waals surface area contributed by atoms with Crippen molar-refractivity contribution in [2.45, 2.75) is 58.6 Å². The first-order valence-electron chi connectivity index (χ1n) is 8.48. The van der Waals surface area contributed by atoms with E-state index in [1.54, 1.807) is 10.9 Å². The molecule has 0 aromatic carbocycles. The molecule has 0 spiro atoms. The first kappa shape index (κ1) is 18.0. The average Bonchev–Trinajstić information content (AvgIpc) is 2.77. The Morgan fingerprint density at radius 2 is 2.26 bits per heavy atom. The Morgan fingerprint density at radius 1 is 1.48 bits per heavy atom. The van der Waals surface area contributed by atoms with Crippen molar-refractivity contribution in [1.82, 2.24) is 9.78 Å². The molecule has 0 aliphatic carbocycles. The van der Waals surface area contributed by atoms with E-state index < -0.39 is 8.07 Å². The minimum absolute atomic E-state index is 0.0244. The summed E-state index contributed by atoms with van der Waals surface area (Å²) < 4.78 is 13.2. The Hall–Kier alpha value is -1.34. The van der Waals surface area contributed by atoms with Gasteiger partial charge >= 0.3 is 0 Å². The second-order valence-electron chi connectivity index (χ2n) is 7.35. The number of ether oxygens (including phenoxy) is 2. The number of amides is 1. The summed E-state index contributed by atoms with van der Waals surface area (Å²) in [5.74, 6) is 0.533. The van der Waals surface area contributed by atoms with Crippen LogP contribution < -0.4 is 10.1 Å². The fourth-order valence-corrected chi connectivity index (χ4v) is 3.15. The molecule has 1 amide bonds. The van der Waals surface area contributed by atoms with Gasteiger partial charge in [0.25, 0.3) is 0 Å². The topological polar surface area (TPSA) is 65.4 Å². The van der Waals surface area contributed by atoms with Crippen LogP contribution >= 0.6 is 0 Å². The SMILES string of the molecule is CCCC[C@H]1COc2c(cnn2COCC[Si](C)(C)C)NC1=O. The zero-order valence-corrected chi connectivity index (χ0v) is 15.7. The molecular weight excluding hydrogens is 310 g/mol. The van der Waals surface area contributed by atoms with Gasteiger partial charge in [0.05, 0.1) is 12.1 Å². The minimum atomic E-state index is -1.09. The van der Waals surface area contributed by atoms with Crippen molar-refractivity contribution in [1.29, 1.82) is 0 Å². The number of carbonyl (C=O) groups is 1. The van der Waals surface area contributed by atoms with Gasteiger partial charge < -0.3 is 14.8 Å². The maximum atomic E-state index is 12.2. The Bertz CT molecular complexity index is 525. The zero-order chi connectivity index (χ0) is 16.9. The van der Waals surface area contributed by atoms with Gasteiger partial charge in [-0.25, -0.2) is 4.68 Å². The van der Waals surface area contributed by atoms with Gasteiger partial charge in [0, 0.05) is 14.7 Å². The van der Waals surface area contributed by atoms with Crippen molar-refractivity contribution in [3.05, 3.63) is 6.20 Å². The van der Waals surface area contributed by atoms with Crippen LogP contribution in [0.25, 0.3) is 0 Å². The minimum Gasteiger partial charge on any atom is -0.475 e. The lowest BCUT2D eigenvalue weighted by Crippen LogP contribution is -2.25. The van der Waals surface area contributed by atoms with Gasteiger partial charge in [-0.15, -0.1) is 0 Å². The molecule has 1 N–H and O–H groups in total. The quantitative estimate of drug-likeness (QED) is 0.583. The second kappa shape index (κ2) is 7.96. The molecule has 0 saturated carbocycles. The molecule has 1 aromatic heterocycles. The van der Waals surface area contributed by atoms with Crippen LogP contribution in [0.2, 0.25) is 25.7 Å². The first-order valence-corrected chi connectivity index (χ1v) is 12.2. The third-order valence-electron chi connectivity index (χ3n) is 3.96. The highest BCUT2D eigenvalue weighted by Gasteiger charge is 2.27. The van der Waals surface area contributed by atoms with E-state index >= 15 is 0 Å². The van der Waals surface area contributed by atoms with E-state index in [4.69, 9.17) is 9.47 Å². The molecule has 0 saturated heterocycles. The molecule has 7 heteroatoms. The van der Waals surface area contributed by atoms with Crippen LogP contribution in [0.5, 0.6) is 5.88 Å². The number of carbonyl (C=O) groups excluding carboxylic acids is 1. The maximum Gasteiger partial charge on any atom is 0.238 e. The first-order chi connectivity index (χ1) is 10.9. The molecule has 1 aromatic rings. The summed E-state index contributed by atoms with van der Waals surface area (Å²) in [7, 11) is -1.09. The predicted octanol–water partition coefficient (Wildman–Crippen LogP) is 3.33.